The first-order chi connectivity index (χ1) is 11.2. The maximum Gasteiger partial charge on any atom is 0.181 e. The summed E-state index contributed by atoms with van der Waals surface area (Å²) in [6, 6.07) is 5.86. The average Bonchev–Trinajstić information content (AvgIpc) is 3.21. The summed E-state index contributed by atoms with van der Waals surface area (Å²) >= 11 is 0. The van der Waals surface area contributed by atoms with Gasteiger partial charge in [-0.3, -0.25) is 0 Å². The van der Waals surface area contributed by atoms with Crippen LogP contribution in [0.2, 0.25) is 0 Å². The van der Waals surface area contributed by atoms with Crippen molar-refractivity contribution in [2.24, 2.45) is 0 Å². The number of halogens is 1. The van der Waals surface area contributed by atoms with Gasteiger partial charge in [0, 0.05) is 24.5 Å². The Morgan fingerprint density at radius 1 is 1.39 bits per heavy atom. The van der Waals surface area contributed by atoms with Crippen molar-refractivity contribution in [3.05, 3.63) is 54.4 Å². The SMILES string of the molecule is O[C@H]1[C@H](NCc2ccccc2F)[C@H]2CO[C@H](O2)[C@@H]1n1ccnc1. The van der Waals surface area contributed by atoms with Crippen molar-refractivity contribution in [1.29, 1.82) is 0 Å². The standard InChI is InChI=1S/C16H18FN3O3/c17-11-4-2-1-3-10(11)7-19-13-12-8-22-16(23-12)14(15(13)21)20-6-5-18-9-20/h1-6,9,12-16,19,21H,7-8H2/t12-,13-,14-,15+,16-/m1/s1. The minimum Gasteiger partial charge on any atom is -0.389 e. The molecule has 0 aliphatic carbocycles. The summed E-state index contributed by atoms with van der Waals surface area (Å²) in [5.41, 5.74) is 0.555. The van der Waals surface area contributed by atoms with Gasteiger partial charge in [0.25, 0.3) is 0 Å². The van der Waals surface area contributed by atoms with Crippen molar-refractivity contribution in [2.45, 2.75) is 37.1 Å². The van der Waals surface area contributed by atoms with Gasteiger partial charge in [-0.25, -0.2) is 9.37 Å². The fraction of sp³-hybridized carbons (Fsp3) is 0.438. The zero-order chi connectivity index (χ0) is 15.8. The summed E-state index contributed by atoms with van der Waals surface area (Å²) in [4.78, 5) is 4.02. The van der Waals surface area contributed by atoms with E-state index in [1.807, 2.05) is 0 Å². The lowest BCUT2D eigenvalue weighted by Gasteiger charge is -2.39. The maximum absolute atomic E-state index is 13.8. The fourth-order valence-corrected chi connectivity index (χ4v) is 3.29. The molecule has 0 spiro atoms. The number of rotatable bonds is 4. The van der Waals surface area contributed by atoms with Crippen LogP contribution in [0.4, 0.5) is 4.39 Å². The first-order valence-electron chi connectivity index (χ1n) is 7.63. The molecule has 7 heteroatoms. The van der Waals surface area contributed by atoms with E-state index in [9.17, 15) is 9.50 Å². The number of hydrogen-bond donors (Lipinski definition) is 2. The lowest BCUT2D eigenvalue weighted by molar-refractivity contribution is -0.165. The average molecular weight is 319 g/mol. The second kappa shape index (κ2) is 6.01. The molecule has 2 bridgehead atoms. The topological polar surface area (TPSA) is 68.5 Å². The van der Waals surface area contributed by atoms with Crippen molar-refractivity contribution >= 4 is 0 Å². The lowest BCUT2D eigenvalue weighted by Crippen LogP contribution is -2.57. The second-order valence-electron chi connectivity index (χ2n) is 5.87. The molecular weight excluding hydrogens is 301 g/mol. The Morgan fingerprint density at radius 2 is 2.26 bits per heavy atom. The number of aliphatic hydroxyl groups is 1. The summed E-state index contributed by atoms with van der Waals surface area (Å²) in [5, 5.41) is 14.0. The molecule has 2 aromatic rings. The minimum absolute atomic E-state index is 0.249. The van der Waals surface area contributed by atoms with Gasteiger partial charge in [-0.05, 0) is 6.07 Å². The van der Waals surface area contributed by atoms with Crippen molar-refractivity contribution < 1.29 is 19.0 Å². The van der Waals surface area contributed by atoms with Gasteiger partial charge in [-0.1, -0.05) is 18.2 Å². The quantitative estimate of drug-likeness (QED) is 0.874. The molecule has 3 heterocycles. The summed E-state index contributed by atoms with van der Waals surface area (Å²) in [6.07, 6.45) is 3.59. The highest BCUT2D eigenvalue weighted by Gasteiger charge is 2.50. The molecule has 2 aliphatic heterocycles. The Hall–Kier alpha value is -1.80. The summed E-state index contributed by atoms with van der Waals surface area (Å²) in [7, 11) is 0. The summed E-state index contributed by atoms with van der Waals surface area (Å²) < 4.78 is 27.0. The molecule has 2 fully saturated rings. The molecule has 2 saturated heterocycles. The van der Waals surface area contributed by atoms with E-state index in [4.69, 9.17) is 9.47 Å². The van der Waals surface area contributed by atoms with E-state index >= 15 is 0 Å². The molecule has 5 atom stereocenters. The van der Waals surface area contributed by atoms with Crippen LogP contribution >= 0.6 is 0 Å². The molecule has 1 aromatic carbocycles. The predicted molar refractivity (Wildman–Crippen MR) is 78.9 cm³/mol. The number of benzene rings is 1. The number of ether oxygens (including phenoxy) is 2. The van der Waals surface area contributed by atoms with E-state index in [2.05, 4.69) is 10.3 Å². The third-order valence-electron chi connectivity index (χ3n) is 4.49. The molecule has 23 heavy (non-hydrogen) atoms. The minimum atomic E-state index is -0.720. The third kappa shape index (κ3) is 2.66. The van der Waals surface area contributed by atoms with Gasteiger partial charge in [0.15, 0.2) is 6.29 Å². The van der Waals surface area contributed by atoms with E-state index in [-0.39, 0.29) is 24.0 Å². The number of fused-ring (bicyclic) bond motifs is 2. The lowest BCUT2D eigenvalue weighted by atomic mass is 9.95. The number of hydrogen-bond acceptors (Lipinski definition) is 5. The van der Waals surface area contributed by atoms with Gasteiger partial charge < -0.3 is 24.5 Å². The Balaban J connectivity index is 1.52. The maximum atomic E-state index is 13.8. The largest absolute Gasteiger partial charge is 0.389 e. The van der Waals surface area contributed by atoms with Crippen LogP contribution in [0.5, 0.6) is 0 Å². The van der Waals surface area contributed by atoms with Gasteiger partial charge >= 0.3 is 0 Å². The molecule has 0 unspecified atom stereocenters. The van der Waals surface area contributed by atoms with E-state index in [0.717, 1.165) is 0 Å². The van der Waals surface area contributed by atoms with Crippen LogP contribution in [-0.2, 0) is 16.0 Å². The smallest absolute Gasteiger partial charge is 0.181 e. The van der Waals surface area contributed by atoms with Gasteiger partial charge in [-0.15, -0.1) is 0 Å². The number of nitrogens with one attached hydrogen (secondary N) is 1. The number of aromatic nitrogens is 2. The first kappa shape index (κ1) is 14.8. The van der Waals surface area contributed by atoms with Crippen molar-refractivity contribution in [2.75, 3.05) is 6.61 Å². The Labute approximate surface area is 132 Å². The monoisotopic (exact) mass is 319 g/mol. The van der Waals surface area contributed by atoms with Gasteiger partial charge in [0.05, 0.1) is 25.1 Å². The number of nitrogens with zero attached hydrogens (tertiary/aromatic N) is 2. The van der Waals surface area contributed by atoms with E-state index in [1.54, 1.807) is 41.5 Å². The predicted octanol–water partition coefficient (Wildman–Crippen LogP) is 0.838. The molecule has 0 radical (unpaired) electrons. The van der Waals surface area contributed by atoms with Crippen LogP contribution in [0, 0.1) is 5.82 Å². The van der Waals surface area contributed by atoms with E-state index in [0.29, 0.717) is 18.7 Å². The zero-order valence-electron chi connectivity index (χ0n) is 12.4. The van der Waals surface area contributed by atoms with Gasteiger partial charge in [0.1, 0.15) is 18.0 Å². The van der Waals surface area contributed by atoms with Crippen molar-refractivity contribution in [3.63, 3.8) is 0 Å². The van der Waals surface area contributed by atoms with Crippen molar-refractivity contribution in [3.8, 4) is 0 Å². The summed E-state index contributed by atoms with van der Waals surface area (Å²) in [6.45, 7) is 0.720. The normalized spacial score (nSPS) is 33.0. The highest BCUT2D eigenvalue weighted by Crippen LogP contribution is 2.35. The van der Waals surface area contributed by atoms with Gasteiger partial charge in [-0.2, -0.15) is 0 Å². The van der Waals surface area contributed by atoms with E-state index < -0.39 is 12.4 Å². The third-order valence-corrected chi connectivity index (χ3v) is 4.49. The van der Waals surface area contributed by atoms with Crippen LogP contribution in [0.3, 0.4) is 0 Å². The highest BCUT2D eigenvalue weighted by molar-refractivity contribution is 5.17. The van der Waals surface area contributed by atoms with Crippen LogP contribution < -0.4 is 5.32 Å². The molecule has 122 valence electrons. The Morgan fingerprint density at radius 3 is 3.04 bits per heavy atom. The first-order valence-corrected chi connectivity index (χ1v) is 7.63. The Kier molecular flexibility index (Phi) is 3.86. The zero-order valence-corrected chi connectivity index (χ0v) is 12.4. The van der Waals surface area contributed by atoms with Crippen LogP contribution in [-0.4, -0.2) is 45.8 Å². The molecule has 2 N–H and O–H groups in total. The molecule has 0 amide bonds. The molecule has 1 aromatic heterocycles. The van der Waals surface area contributed by atoms with Crippen LogP contribution in [0.1, 0.15) is 11.6 Å². The van der Waals surface area contributed by atoms with Gasteiger partial charge in [0.2, 0.25) is 0 Å². The summed E-state index contributed by atoms with van der Waals surface area (Å²) in [5.74, 6) is -0.266. The number of aliphatic hydroxyl groups excluding tert-OH is 1. The molecular formula is C16H18FN3O3. The molecule has 4 rings (SSSR count). The van der Waals surface area contributed by atoms with Crippen molar-refractivity contribution in [1.82, 2.24) is 14.9 Å². The molecule has 6 nitrogen and oxygen atoms in total. The molecule has 0 saturated carbocycles. The number of imidazole rings is 1. The van der Waals surface area contributed by atoms with Crippen LogP contribution in [0.15, 0.2) is 43.0 Å². The van der Waals surface area contributed by atoms with E-state index in [1.165, 1.54) is 6.07 Å². The molecule has 2 aliphatic rings. The highest BCUT2D eigenvalue weighted by atomic mass is 19.1. The second-order valence-corrected chi connectivity index (χ2v) is 5.87. The Bertz CT molecular complexity index is 666. The van der Waals surface area contributed by atoms with Crippen LogP contribution in [0.25, 0.3) is 0 Å². The fourth-order valence-electron chi connectivity index (χ4n) is 3.29.